The van der Waals surface area contributed by atoms with E-state index in [2.05, 4.69) is 17.2 Å². The molecule has 1 amide bonds. The zero-order chi connectivity index (χ0) is 9.61. The first-order chi connectivity index (χ1) is 5.54. The van der Waals surface area contributed by atoms with Crippen molar-refractivity contribution < 1.29 is 4.79 Å². The molecule has 0 saturated heterocycles. The summed E-state index contributed by atoms with van der Waals surface area (Å²) in [5.74, 6) is 4.68. The summed E-state index contributed by atoms with van der Waals surface area (Å²) < 4.78 is 0. The zero-order valence-electron chi connectivity index (χ0n) is 7.48. The lowest BCUT2D eigenvalue weighted by atomic mass is 9.89. The van der Waals surface area contributed by atoms with Crippen LogP contribution < -0.4 is 5.32 Å². The fourth-order valence-electron chi connectivity index (χ4n) is 0.706. The monoisotopic (exact) mass is 163 g/mol. The molecular weight excluding hydrogens is 150 g/mol. The second kappa shape index (κ2) is 4.46. The van der Waals surface area contributed by atoms with Crippen LogP contribution in [0.4, 0.5) is 0 Å². The quantitative estimate of drug-likeness (QED) is 0.612. The number of carbonyl (C=O) groups is 1. The Morgan fingerprint density at radius 1 is 1.42 bits per heavy atom. The van der Waals surface area contributed by atoms with Crippen molar-refractivity contribution in [3.63, 3.8) is 0 Å². The van der Waals surface area contributed by atoms with Gasteiger partial charge in [-0.15, -0.1) is 18.8 Å². The van der Waals surface area contributed by atoms with Gasteiger partial charge in [0.05, 0.1) is 12.0 Å². The molecule has 0 aliphatic rings. The number of carbonyl (C=O) groups excluding carboxylic acids is 1. The van der Waals surface area contributed by atoms with Crippen LogP contribution in [-0.4, -0.2) is 12.5 Å². The third-order valence-electron chi connectivity index (χ3n) is 1.51. The van der Waals surface area contributed by atoms with Gasteiger partial charge in [-0.25, -0.2) is 0 Å². The summed E-state index contributed by atoms with van der Waals surface area (Å²) in [5.41, 5.74) is -0.522. The molecule has 64 valence electrons. The first kappa shape index (κ1) is 10.6. The third-order valence-corrected chi connectivity index (χ3v) is 1.51. The van der Waals surface area contributed by atoms with Crippen molar-refractivity contribution in [2.45, 2.75) is 20.3 Å². The van der Waals surface area contributed by atoms with E-state index in [9.17, 15) is 4.79 Å². The summed E-state index contributed by atoms with van der Waals surface area (Å²) in [5, 5.41) is 2.59. The summed E-state index contributed by atoms with van der Waals surface area (Å²) in [6.07, 6.45) is 10.5. The van der Waals surface area contributed by atoms with Crippen LogP contribution in [-0.2, 0) is 4.79 Å². The van der Waals surface area contributed by atoms with Crippen molar-refractivity contribution >= 4 is 5.91 Å². The minimum absolute atomic E-state index is 0.0987. The molecule has 0 saturated carbocycles. The fraction of sp³-hybridized carbons (Fsp3) is 0.500. The van der Waals surface area contributed by atoms with Gasteiger partial charge in [0.25, 0.3) is 0 Å². The third kappa shape index (κ3) is 3.12. The van der Waals surface area contributed by atoms with Gasteiger partial charge < -0.3 is 5.32 Å². The Morgan fingerprint density at radius 2 is 2.00 bits per heavy atom. The topological polar surface area (TPSA) is 29.1 Å². The minimum Gasteiger partial charge on any atom is -0.345 e. The molecule has 0 aliphatic heterocycles. The Bertz CT molecular complexity index is 240. The van der Waals surface area contributed by atoms with E-state index in [-0.39, 0.29) is 12.5 Å². The number of amides is 1. The Kier molecular flexibility index (Phi) is 3.94. The van der Waals surface area contributed by atoms with Crippen molar-refractivity contribution in [2.75, 3.05) is 6.54 Å². The maximum absolute atomic E-state index is 11.3. The average Bonchev–Trinajstić information content (AvgIpc) is 2.00. The smallest absolute Gasteiger partial charge is 0.227 e. The molecule has 2 nitrogen and oxygen atoms in total. The highest BCUT2D eigenvalue weighted by molar-refractivity contribution is 5.82. The van der Waals surface area contributed by atoms with E-state index in [0.717, 1.165) is 0 Å². The van der Waals surface area contributed by atoms with E-state index in [1.165, 1.54) is 0 Å². The molecule has 0 aliphatic carbocycles. The fourth-order valence-corrected chi connectivity index (χ4v) is 0.706. The molecule has 1 N–H and O–H groups in total. The molecule has 0 unspecified atom stereocenters. The van der Waals surface area contributed by atoms with E-state index in [4.69, 9.17) is 12.8 Å². The molecule has 0 rings (SSSR count). The predicted molar refractivity (Wildman–Crippen MR) is 49.1 cm³/mol. The average molecular weight is 163 g/mol. The maximum Gasteiger partial charge on any atom is 0.227 e. The van der Waals surface area contributed by atoms with Crippen molar-refractivity contribution in [1.82, 2.24) is 5.32 Å². The molecular formula is C10H13NO. The molecule has 0 aromatic rings. The molecule has 0 aromatic heterocycles. The first-order valence-electron chi connectivity index (χ1n) is 3.70. The Hall–Kier alpha value is -1.41. The lowest BCUT2D eigenvalue weighted by Gasteiger charge is -2.19. The minimum atomic E-state index is -0.522. The summed E-state index contributed by atoms with van der Waals surface area (Å²) >= 11 is 0. The van der Waals surface area contributed by atoms with Crippen molar-refractivity contribution in [3.05, 3.63) is 0 Å². The van der Waals surface area contributed by atoms with Crippen molar-refractivity contribution in [2.24, 2.45) is 5.41 Å². The summed E-state index contributed by atoms with van der Waals surface area (Å²) in [6.45, 7) is 3.84. The van der Waals surface area contributed by atoms with Crippen LogP contribution in [0.3, 0.4) is 0 Å². The Morgan fingerprint density at radius 3 is 2.42 bits per heavy atom. The Balaban J connectivity index is 4.10. The molecule has 0 heterocycles. The number of hydrogen-bond donors (Lipinski definition) is 1. The lowest BCUT2D eigenvalue weighted by Crippen LogP contribution is -2.36. The molecule has 0 radical (unpaired) electrons. The number of terminal acetylenes is 2. The van der Waals surface area contributed by atoms with E-state index >= 15 is 0 Å². The van der Waals surface area contributed by atoms with Crippen LogP contribution in [0.5, 0.6) is 0 Å². The van der Waals surface area contributed by atoms with Gasteiger partial charge in [-0.05, 0) is 0 Å². The molecule has 0 fully saturated rings. The first-order valence-corrected chi connectivity index (χ1v) is 3.70. The van der Waals surface area contributed by atoms with Gasteiger partial charge in [-0.1, -0.05) is 19.8 Å². The van der Waals surface area contributed by atoms with E-state index in [1.807, 2.05) is 0 Å². The van der Waals surface area contributed by atoms with E-state index < -0.39 is 5.41 Å². The molecule has 2 heteroatoms. The summed E-state index contributed by atoms with van der Waals surface area (Å²) in [4.78, 5) is 11.3. The molecule has 0 spiro atoms. The van der Waals surface area contributed by atoms with Gasteiger partial charge in [0.2, 0.25) is 5.91 Å². The number of rotatable bonds is 3. The highest BCUT2D eigenvalue weighted by atomic mass is 16.2. The van der Waals surface area contributed by atoms with E-state index in [1.54, 1.807) is 13.8 Å². The van der Waals surface area contributed by atoms with Gasteiger partial charge in [-0.3, -0.25) is 4.79 Å². The largest absolute Gasteiger partial charge is 0.345 e. The van der Waals surface area contributed by atoms with Crippen molar-refractivity contribution in [3.8, 4) is 24.7 Å². The highest BCUT2D eigenvalue weighted by Crippen LogP contribution is 2.18. The molecule has 0 aromatic carbocycles. The normalized spacial score (nSPS) is 9.67. The highest BCUT2D eigenvalue weighted by Gasteiger charge is 2.25. The molecule has 0 atom stereocenters. The van der Waals surface area contributed by atoms with Crippen LogP contribution in [0, 0.1) is 30.1 Å². The number of hydrogen-bond acceptors (Lipinski definition) is 1. The van der Waals surface area contributed by atoms with Crippen LogP contribution >= 0.6 is 0 Å². The zero-order valence-corrected chi connectivity index (χ0v) is 7.48. The summed E-state index contributed by atoms with van der Waals surface area (Å²) in [7, 11) is 0. The maximum atomic E-state index is 11.3. The SMILES string of the molecule is C#CCNC(=O)C(C)(C)CC#C. The van der Waals surface area contributed by atoms with E-state index in [0.29, 0.717) is 6.42 Å². The van der Waals surface area contributed by atoms with Gasteiger partial charge in [-0.2, -0.15) is 0 Å². The molecule has 12 heavy (non-hydrogen) atoms. The summed E-state index contributed by atoms with van der Waals surface area (Å²) in [6, 6.07) is 0. The van der Waals surface area contributed by atoms with Crippen LogP contribution in [0.25, 0.3) is 0 Å². The van der Waals surface area contributed by atoms with Crippen LogP contribution in [0.1, 0.15) is 20.3 Å². The van der Waals surface area contributed by atoms with Gasteiger partial charge in [0.15, 0.2) is 0 Å². The number of nitrogens with one attached hydrogen (secondary N) is 1. The second-order valence-electron chi connectivity index (χ2n) is 3.15. The lowest BCUT2D eigenvalue weighted by molar-refractivity contribution is -0.128. The van der Waals surface area contributed by atoms with Gasteiger partial charge >= 0.3 is 0 Å². The van der Waals surface area contributed by atoms with Crippen LogP contribution in [0.2, 0.25) is 0 Å². The Labute approximate surface area is 73.7 Å². The second-order valence-corrected chi connectivity index (χ2v) is 3.15. The molecule has 0 bridgehead atoms. The standard InChI is InChI=1S/C10H13NO/c1-5-7-10(3,4)9(12)11-8-6-2/h1-2H,7-8H2,3-4H3,(H,11,12). The predicted octanol–water partition coefficient (Wildman–Crippen LogP) is 0.785. The van der Waals surface area contributed by atoms with Gasteiger partial charge in [0.1, 0.15) is 0 Å². The van der Waals surface area contributed by atoms with Gasteiger partial charge in [0, 0.05) is 6.42 Å². The van der Waals surface area contributed by atoms with Crippen molar-refractivity contribution in [1.29, 1.82) is 0 Å². The van der Waals surface area contributed by atoms with Crippen LogP contribution in [0.15, 0.2) is 0 Å².